The Balaban J connectivity index is 1.67. The number of aromatic nitrogens is 1. The summed E-state index contributed by atoms with van der Waals surface area (Å²) in [5.41, 5.74) is 1.82. The lowest BCUT2D eigenvalue weighted by molar-refractivity contribution is 0.0997. The molecule has 0 radical (unpaired) electrons. The molecule has 0 aliphatic heterocycles. The largest absolute Gasteiger partial charge is 0.497 e. The molecule has 0 unspecified atom stereocenters. The van der Waals surface area contributed by atoms with Crippen molar-refractivity contribution in [1.29, 1.82) is 0 Å². The zero-order valence-corrected chi connectivity index (χ0v) is 14.8. The Hall–Kier alpha value is -3.19. The van der Waals surface area contributed by atoms with E-state index in [2.05, 4.69) is 10.3 Å². The van der Waals surface area contributed by atoms with Crippen LogP contribution in [-0.4, -0.2) is 18.0 Å². The van der Waals surface area contributed by atoms with E-state index >= 15 is 0 Å². The molecule has 0 aliphatic rings. The lowest BCUT2D eigenvalue weighted by Gasteiger charge is -2.03. The Morgan fingerprint density at radius 2 is 2.04 bits per heavy atom. The monoisotopic (exact) mass is 366 g/mol. The predicted molar refractivity (Wildman–Crippen MR) is 101 cm³/mol. The van der Waals surface area contributed by atoms with Crippen molar-refractivity contribution in [3.63, 3.8) is 0 Å². The van der Waals surface area contributed by atoms with Crippen LogP contribution < -0.4 is 15.5 Å². The highest BCUT2D eigenvalue weighted by Crippen LogP contribution is 2.29. The zero-order chi connectivity index (χ0) is 18.3. The first-order valence-electron chi connectivity index (χ1n) is 7.84. The third kappa shape index (κ3) is 2.93. The minimum Gasteiger partial charge on any atom is -0.497 e. The van der Waals surface area contributed by atoms with Gasteiger partial charge in [0, 0.05) is 6.07 Å². The topological polar surface area (TPSA) is 81.4 Å². The number of benzene rings is 2. The minimum absolute atomic E-state index is 0.0510. The second-order valence-corrected chi connectivity index (χ2v) is 6.81. The SMILES string of the molecule is COc1ccc2nc(NC(=O)c3cc(=O)c4ccc(C)cc4o3)sc2c1. The van der Waals surface area contributed by atoms with Gasteiger partial charge >= 0.3 is 0 Å². The van der Waals surface area contributed by atoms with Crippen LogP contribution in [0.3, 0.4) is 0 Å². The third-order valence-corrected chi connectivity index (χ3v) is 4.86. The summed E-state index contributed by atoms with van der Waals surface area (Å²) in [6.45, 7) is 1.89. The second kappa shape index (κ2) is 6.27. The standard InChI is InChI=1S/C19H14N2O4S/c1-10-3-5-12-14(22)9-16(25-15(12)7-10)18(23)21-19-20-13-6-4-11(24-2)8-17(13)26-19/h3-9H,1-2H3,(H,20,21,23). The Bertz CT molecular complexity index is 1210. The number of amides is 1. The van der Waals surface area contributed by atoms with Gasteiger partial charge in [-0.25, -0.2) is 4.98 Å². The smallest absolute Gasteiger partial charge is 0.293 e. The number of fused-ring (bicyclic) bond motifs is 2. The predicted octanol–water partition coefficient (Wildman–Crippen LogP) is 3.97. The number of carbonyl (C=O) groups is 1. The summed E-state index contributed by atoms with van der Waals surface area (Å²) in [5.74, 6) is 0.149. The number of carbonyl (C=O) groups excluding carboxylic acids is 1. The van der Waals surface area contributed by atoms with E-state index in [1.165, 1.54) is 17.4 Å². The summed E-state index contributed by atoms with van der Waals surface area (Å²) in [7, 11) is 1.59. The van der Waals surface area contributed by atoms with Gasteiger partial charge in [0.1, 0.15) is 11.3 Å². The summed E-state index contributed by atoms with van der Waals surface area (Å²) in [4.78, 5) is 29.1. The summed E-state index contributed by atoms with van der Waals surface area (Å²) >= 11 is 1.32. The lowest BCUT2D eigenvalue weighted by Crippen LogP contribution is -2.14. The Labute approximate surface area is 152 Å². The highest BCUT2D eigenvalue weighted by atomic mass is 32.1. The molecule has 0 saturated heterocycles. The Morgan fingerprint density at radius 3 is 2.85 bits per heavy atom. The molecule has 4 aromatic rings. The summed E-state index contributed by atoms with van der Waals surface area (Å²) in [6, 6.07) is 11.9. The van der Waals surface area contributed by atoms with Gasteiger partial charge in [0.05, 0.1) is 22.7 Å². The van der Waals surface area contributed by atoms with Crippen molar-refractivity contribution in [2.24, 2.45) is 0 Å². The number of anilines is 1. The molecule has 0 bridgehead atoms. The number of thiazole rings is 1. The van der Waals surface area contributed by atoms with E-state index in [0.717, 1.165) is 21.5 Å². The summed E-state index contributed by atoms with van der Waals surface area (Å²) in [5, 5.41) is 3.55. The Kier molecular flexibility index (Phi) is 3.93. The van der Waals surface area contributed by atoms with Gasteiger partial charge in [0.25, 0.3) is 5.91 Å². The van der Waals surface area contributed by atoms with Crippen LogP contribution in [0.25, 0.3) is 21.2 Å². The maximum absolute atomic E-state index is 12.5. The van der Waals surface area contributed by atoms with Gasteiger partial charge in [-0.05, 0) is 42.8 Å². The third-order valence-electron chi connectivity index (χ3n) is 3.92. The number of hydrogen-bond donors (Lipinski definition) is 1. The Morgan fingerprint density at radius 1 is 1.19 bits per heavy atom. The van der Waals surface area contributed by atoms with Crippen molar-refractivity contribution in [2.75, 3.05) is 12.4 Å². The van der Waals surface area contributed by atoms with Gasteiger partial charge in [-0.2, -0.15) is 0 Å². The quantitative estimate of drug-likeness (QED) is 0.593. The van der Waals surface area contributed by atoms with E-state index in [4.69, 9.17) is 9.15 Å². The number of rotatable bonds is 3. The first kappa shape index (κ1) is 16.3. The fourth-order valence-electron chi connectivity index (χ4n) is 2.62. The fraction of sp³-hybridized carbons (Fsp3) is 0.105. The molecule has 2 aromatic carbocycles. The van der Waals surface area contributed by atoms with Crippen LogP contribution in [0.4, 0.5) is 5.13 Å². The normalized spacial score (nSPS) is 11.0. The van der Waals surface area contributed by atoms with Crippen molar-refractivity contribution in [3.8, 4) is 5.75 Å². The first-order chi connectivity index (χ1) is 12.5. The van der Waals surface area contributed by atoms with E-state index in [-0.39, 0.29) is 11.2 Å². The molecule has 1 amide bonds. The zero-order valence-electron chi connectivity index (χ0n) is 14.0. The average molecular weight is 366 g/mol. The second-order valence-electron chi connectivity index (χ2n) is 5.78. The van der Waals surface area contributed by atoms with Crippen LogP contribution in [0.1, 0.15) is 16.1 Å². The van der Waals surface area contributed by atoms with Gasteiger partial charge < -0.3 is 9.15 Å². The number of hydrogen-bond acceptors (Lipinski definition) is 6. The molecule has 0 saturated carbocycles. The minimum atomic E-state index is -0.517. The lowest BCUT2D eigenvalue weighted by atomic mass is 10.1. The maximum atomic E-state index is 12.5. The highest BCUT2D eigenvalue weighted by Gasteiger charge is 2.15. The molecule has 4 rings (SSSR count). The van der Waals surface area contributed by atoms with Crippen LogP contribution in [0.2, 0.25) is 0 Å². The number of aryl methyl sites for hydroxylation is 1. The number of ether oxygens (including phenoxy) is 1. The molecule has 7 heteroatoms. The average Bonchev–Trinajstić information content (AvgIpc) is 3.02. The maximum Gasteiger partial charge on any atom is 0.293 e. The van der Waals surface area contributed by atoms with Crippen molar-refractivity contribution in [2.45, 2.75) is 6.92 Å². The molecule has 0 aliphatic carbocycles. The number of methoxy groups -OCH3 is 1. The van der Waals surface area contributed by atoms with Crippen LogP contribution in [-0.2, 0) is 0 Å². The molecule has 6 nitrogen and oxygen atoms in total. The molecule has 1 N–H and O–H groups in total. The summed E-state index contributed by atoms with van der Waals surface area (Å²) in [6.07, 6.45) is 0. The van der Waals surface area contributed by atoms with Crippen molar-refractivity contribution >= 4 is 43.6 Å². The van der Waals surface area contributed by atoms with Crippen molar-refractivity contribution in [3.05, 3.63) is 64.0 Å². The molecular weight excluding hydrogens is 352 g/mol. The molecule has 2 aromatic heterocycles. The van der Waals surface area contributed by atoms with Gasteiger partial charge in [0.15, 0.2) is 16.3 Å². The first-order valence-corrected chi connectivity index (χ1v) is 8.65. The molecule has 2 heterocycles. The van der Waals surface area contributed by atoms with Crippen LogP contribution in [0, 0.1) is 6.92 Å². The highest BCUT2D eigenvalue weighted by molar-refractivity contribution is 7.22. The number of nitrogens with one attached hydrogen (secondary N) is 1. The number of nitrogens with zero attached hydrogens (tertiary/aromatic N) is 1. The van der Waals surface area contributed by atoms with Crippen LogP contribution in [0.15, 0.2) is 51.7 Å². The molecule has 0 spiro atoms. The van der Waals surface area contributed by atoms with E-state index in [0.29, 0.717) is 16.1 Å². The van der Waals surface area contributed by atoms with Crippen molar-refractivity contribution < 1.29 is 13.9 Å². The fourth-order valence-corrected chi connectivity index (χ4v) is 3.51. The van der Waals surface area contributed by atoms with Gasteiger partial charge in [0.2, 0.25) is 0 Å². The molecule has 26 heavy (non-hydrogen) atoms. The van der Waals surface area contributed by atoms with Gasteiger partial charge in [-0.15, -0.1) is 0 Å². The molecular formula is C19H14N2O4S. The molecule has 130 valence electrons. The van der Waals surface area contributed by atoms with Crippen LogP contribution >= 0.6 is 11.3 Å². The summed E-state index contributed by atoms with van der Waals surface area (Å²) < 4.78 is 11.7. The van der Waals surface area contributed by atoms with E-state index < -0.39 is 5.91 Å². The molecule has 0 fully saturated rings. The van der Waals surface area contributed by atoms with Gasteiger partial charge in [-0.3, -0.25) is 14.9 Å². The van der Waals surface area contributed by atoms with Crippen molar-refractivity contribution in [1.82, 2.24) is 4.98 Å². The van der Waals surface area contributed by atoms with E-state index in [1.807, 2.05) is 25.1 Å². The molecule has 0 atom stereocenters. The van der Waals surface area contributed by atoms with E-state index in [9.17, 15) is 9.59 Å². The van der Waals surface area contributed by atoms with E-state index in [1.54, 1.807) is 25.3 Å². The van der Waals surface area contributed by atoms with Crippen LogP contribution in [0.5, 0.6) is 5.75 Å². The van der Waals surface area contributed by atoms with Gasteiger partial charge in [-0.1, -0.05) is 17.4 Å².